The molecule has 156 valence electrons. The van der Waals surface area contributed by atoms with Gasteiger partial charge < -0.3 is 8.86 Å². The van der Waals surface area contributed by atoms with Gasteiger partial charge in [0.25, 0.3) is 0 Å². The third-order valence-electron chi connectivity index (χ3n) is 2.14. The molecular formula is C10H11F6N3O6S2. The van der Waals surface area contributed by atoms with Gasteiger partial charge in [0.15, 0.2) is 20.0 Å². The molecule has 1 aromatic heterocycles. The Morgan fingerprint density at radius 3 is 1.93 bits per heavy atom. The number of hydrogen-bond donors (Lipinski definition) is 1. The molecule has 0 aromatic carbocycles. The van der Waals surface area contributed by atoms with E-state index < -0.39 is 31.1 Å². The molecule has 0 aliphatic carbocycles. The third-order valence-corrected chi connectivity index (χ3v) is 4.88. The number of aromatic amines is 1. The van der Waals surface area contributed by atoms with Crippen molar-refractivity contribution >= 4 is 26.0 Å². The highest BCUT2D eigenvalue weighted by Crippen LogP contribution is 2.36. The van der Waals surface area contributed by atoms with Crippen LogP contribution >= 0.6 is 0 Å². The van der Waals surface area contributed by atoms with Gasteiger partial charge in [0.1, 0.15) is 25.5 Å². The van der Waals surface area contributed by atoms with Gasteiger partial charge in [-0.25, -0.2) is 26.2 Å². The Morgan fingerprint density at radius 1 is 1.11 bits per heavy atom. The van der Waals surface area contributed by atoms with Crippen LogP contribution in [0.5, 0.6) is 0 Å². The van der Waals surface area contributed by atoms with Crippen LogP contribution in [-0.2, 0) is 36.1 Å². The van der Waals surface area contributed by atoms with Gasteiger partial charge >= 0.3 is 17.0 Å². The molecule has 9 nitrogen and oxygen atoms in total. The van der Waals surface area contributed by atoms with E-state index in [2.05, 4.69) is 11.6 Å². The van der Waals surface area contributed by atoms with Crippen LogP contribution in [-0.4, -0.2) is 45.4 Å². The number of nitrogens with one attached hydrogen (secondary N) is 1. The molecular weight excluding hydrogens is 436 g/mol. The molecule has 0 bridgehead atoms. The minimum atomic E-state index is -6.72. The number of ether oxygens (including phenoxy) is 1. The van der Waals surface area contributed by atoms with E-state index in [-0.39, 0.29) is 5.97 Å². The lowest BCUT2D eigenvalue weighted by Gasteiger charge is -2.22. The van der Waals surface area contributed by atoms with E-state index in [0.717, 1.165) is 10.2 Å². The van der Waals surface area contributed by atoms with E-state index in [0.29, 0.717) is 13.2 Å². The summed E-state index contributed by atoms with van der Waals surface area (Å²) in [5, 5.41) is 0. The number of esters is 1. The summed E-state index contributed by atoms with van der Waals surface area (Å²) < 4.78 is 116. The molecule has 0 spiro atoms. The zero-order valence-electron chi connectivity index (χ0n) is 12.9. The fraction of sp³-hybridized carbons (Fsp3) is 0.400. The Bertz CT molecular complexity index is 788. The molecule has 1 aromatic rings. The first-order valence-corrected chi connectivity index (χ1v) is 9.09. The first-order valence-electron chi connectivity index (χ1n) is 6.21. The molecule has 0 aliphatic heterocycles. The maximum Gasteiger partial charge on any atom is 0.480 e. The van der Waals surface area contributed by atoms with E-state index in [4.69, 9.17) is 4.74 Å². The molecule has 1 N–H and O–H groups in total. The van der Waals surface area contributed by atoms with Crippen LogP contribution in [0.15, 0.2) is 31.4 Å². The quantitative estimate of drug-likeness (QED) is 0.301. The summed E-state index contributed by atoms with van der Waals surface area (Å²) in [6.07, 6.45) is 6.61. The monoisotopic (exact) mass is 447 g/mol. The van der Waals surface area contributed by atoms with Gasteiger partial charge in [-0.2, -0.15) is 26.3 Å². The van der Waals surface area contributed by atoms with Crippen LogP contribution in [0.3, 0.4) is 0 Å². The second-order valence-corrected chi connectivity index (χ2v) is 7.56. The van der Waals surface area contributed by atoms with E-state index in [1.165, 1.54) is 0 Å². The summed E-state index contributed by atoms with van der Waals surface area (Å²) in [6.45, 7) is 4.31. The van der Waals surface area contributed by atoms with Crippen molar-refractivity contribution in [3.63, 3.8) is 0 Å². The predicted octanol–water partition coefficient (Wildman–Crippen LogP) is 1.09. The van der Waals surface area contributed by atoms with Gasteiger partial charge in [-0.15, -0.1) is 0 Å². The lowest BCUT2D eigenvalue weighted by Crippen LogP contribution is -2.33. The van der Waals surface area contributed by atoms with Gasteiger partial charge in [-0.3, -0.25) is 4.98 Å². The van der Waals surface area contributed by atoms with E-state index >= 15 is 0 Å². The van der Waals surface area contributed by atoms with Crippen LogP contribution in [0.2, 0.25) is 0 Å². The molecule has 0 saturated carbocycles. The second kappa shape index (κ2) is 9.18. The van der Waals surface area contributed by atoms with Gasteiger partial charge in [-0.1, -0.05) is 6.58 Å². The number of carbonyl (C=O) groups excluding carboxylic acids is 1. The van der Waals surface area contributed by atoms with Crippen molar-refractivity contribution in [2.75, 3.05) is 6.61 Å². The molecule has 0 fully saturated rings. The lowest BCUT2D eigenvalue weighted by atomic mass is 10.6. The lowest BCUT2D eigenvalue weighted by molar-refractivity contribution is -0.696. The predicted molar refractivity (Wildman–Crippen MR) is 75.5 cm³/mol. The van der Waals surface area contributed by atoms with Crippen molar-refractivity contribution in [1.29, 1.82) is 0 Å². The average molecular weight is 447 g/mol. The highest BCUT2D eigenvalue weighted by Gasteiger charge is 2.46. The molecule has 0 saturated heterocycles. The smallest absolute Gasteiger partial charge is 0.458 e. The molecule has 0 unspecified atom stereocenters. The van der Waals surface area contributed by atoms with Crippen LogP contribution in [0.4, 0.5) is 26.3 Å². The van der Waals surface area contributed by atoms with Crippen LogP contribution in [0.25, 0.3) is 4.13 Å². The Hall–Kier alpha value is -2.14. The molecule has 27 heavy (non-hydrogen) atoms. The summed E-state index contributed by atoms with van der Waals surface area (Å²) in [7, 11) is -13.4. The summed E-state index contributed by atoms with van der Waals surface area (Å²) in [4.78, 5) is 13.5. The summed E-state index contributed by atoms with van der Waals surface area (Å²) in [5.41, 5.74) is -12.4. The summed E-state index contributed by atoms with van der Waals surface area (Å²) in [5.74, 6) is -0.383. The average Bonchev–Trinajstić information content (AvgIpc) is 2.97. The Kier molecular flexibility index (Phi) is 8.45. The highest BCUT2D eigenvalue weighted by molar-refractivity contribution is 8.13. The first kappa shape index (κ1) is 24.9. The van der Waals surface area contributed by atoms with Gasteiger partial charge in [0.05, 0.1) is 0 Å². The normalized spacial score (nSPS) is 12.7. The number of alkyl halides is 6. The Morgan fingerprint density at radius 2 is 1.59 bits per heavy atom. The minimum Gasteiger partial charge on any atom is -0.458 e. The maximum absolute atomic E-state index is 11.4. The van der Waals surface area contributed by atoms with Crippen LogP contribution in [0.1, 0.15) is 0 Å². The van der Waals surface area contributed by atoms with E-state index in [9.17, 15) is 48.0 Å². The summed E-state index contributed by atoms with van der Waals surface area (Å²) in [6, 6.07) is 0. The highest BCUT2D eigenvalue weighted by atomic mass is 32.3. The number of rotatable bonds is 6. The molecule has 0 atom stereocenters. The molecule has 17 heteroatoms. The van der Waals surface area contributed by atoms with Gasteiger partial charge in [-0.05, 0) is 0 Å². The molecule has 1 rings (SSSR count). The maximum atomic E-state index is 11.4. The zero-order chi connectivity index (χ0) is 21.5. The molecule has 1 heterocycles. The zero-order valence-corrected chi connectivity index (χ0v) is 14.5. The van der Waals surface area contributed by atoms with Gasteiger partial charge in [0.2, 0.25) is 6.33 Å². The Labute approximate surface area is 148 Å². The summed E-state index contributed by atoms with van der Waals surface area (Å²) >= 11 is 0. The Balaban J connectivity index is 0.000000511. The van der Waals surface area contributed by atoms with Crippen molar-refractivity contribution in [2.45, 2.75) is 17.6 Å². The first-order chi connectivity index (χ1) is 12.0. The molecule has 0 amide bonds. The number of sulfonamides is 2. The van der Waals surface area contributed by atoms with Crippen molar-refractivity contribution in [2.24, 2.45) is 0 Å². The van der Waals surface area contributed by atoms with E-state index in [1.807, 2.05) is 10.8 Å². The minimum absolute atomic E-state index is 0.368. The number of halogens is 6. The standard InChI is InChI=1S/C8H10N2O2.C2F6NO4S2/c1-2-8(11)12-6-5-10-4-3-9-7-10;3-1(4,5)14(10,11)9-15(12,13)2(6,7)8/h2-4,7H,1,5-6H2;/q;-1/p+1. The van der Waals surface area contributed by atoms with Crippen molar-refractivity contribution < 1.29 is 57.3 Å². The number of imidazole rings is 1. The number of aromatic nitrogens is 2. The number of hydrogen-bond acceptors (Lipinski definition) is 6. The van der Waals surface area contributed by atoms with Crippen LogP contribution in [0, 0.1) is 0 Å². The number of H-pyrrole nitrogens is 1. The SMILES string of the molecule is C=CC(=O)OCC[n+]1cc[nH]c1.O=S(=O)([N-]S(=O)(=O)C(F)(F)F)C(F)(F)F. The van der Waals surface area contributed by atoms with Crippen molar-refractivity contribution in [3.8, 4) is 0 Å². The topological polar surface area (TPSA) is 128 Å². The largest absolute Gasteiger partial charge is 0.480 e. The third kappa shape index (κ3) is 8.39. The van der Waals surface area contributed by atoms with Gasteiger partial charge in [0, 0.05) is 6.08 Å². The number of carbonyl (C=O) groups is 1. The molecule has 0 aliphatic rings. The van der Waals surface area contributed by atoms with E-state index in [1.54, 1.807) is 12.5 Å². The fourth-order valence-electron chi connectivity index (χ4n) is 0.984. The fourth-order valence-corrected chi connectivity index (χ4v) is 2.69. The second-order valence-electron chi connectivity index (χ2n) is 4.14. The van der Waals surface area contributed by atoms with Crippen molar-refractivity contribution in [1.82, 2.24) is 4.98 Å². The van der Waals surface area contributed by atoms with Crippen LogP contribution < -0.4 is 4.57 Å². The number of nitrogens with zero attached hydrogens (tertiary/aromatic N) is 2. The molecule has 0 radical (unpaired) electrons. The van der Waals surface area contributed by atoms with Crippen molar-refractivity contribution in [3.05, 3.63) is 35.5 Å².